The molecule has 0 radical (unpaired) electrons. The zero-order chi connectivity index (χ0) is 14.7. The number of halogens is 2. The van der Waals surface area contributed by atoms with Crippen molar-refractivity contribution in [3.8, 4) is 0 Å². The van der Waals surface area contributed by atoms with E-state index < -0.39 is 5.82 Å². The molecule has 0 heterocycles. The van der Waals surface area contributed by atoms with Gasteiger partial charge in [-0.2, -0.15) is 0 Å². The third-order valence-electron chi connectivity index (χ3n) is 3.59. The van der Waals surface area contributed by atoms with E-state index in [0.29, 0.717) is 18.7 Å². The van der Waals surface area contributed by atoms with E-state index in [1.807, 2.05) is 0 Å². The summed E-state index contributed by atoms with van der Waals surface area (Å²) in [7, 11) is 0. The summed E-state index contributed by atoms with van der Waals surface area (Å²) in [4.78, 5) is 0. The maximum atomic E-state index is 13.5. The molecule has 2 aromatic carbocycles. The van der Waals surface area contributed by atoms with Gasteiger partial charge in [-0.3, -0.25) is 0 Å². The first-order valence-electron chi connectivity index (χ1n) is 6.68. The van der Waals surface area contributed by atoms with Crippen LogP contribution in [0.25, 0.3) is 0 Å². The second-order valence-corrected chi connectivity index (χ2v) is 5.20. The lowest BCUT2D eigenvalue weighted by atomic mass is 10.0. The predicted octanol–water partition coefficient (Wildman–Crippen LogP) is 4.18. The van der Waals surface area contributed by atoms with Crippen molar-refractivity contribution < 1.29 is 8.78 Å². The average Bonchev–Trinajstić information content (AvgIpc) is 2.39. The van der Waals surface area contributed by atoms with Crippen LogP contribution in [0.5, 0.6) is 0 Å². The Morgan fingerprint density at radius 3 is 2.20 bits per heavy atom. The van der Waals surface area contributed by atoms with Crippen molar-refractivity contribution in [2.24, 2.45) is 0 Å². The molecular formula is C17H19F2N. The number of aryl methyl sites for hydroxylation is 3. The fourth-order valence-corrected chi connectivity index (χ4v) is 2.22. The molecule has 0 saturated carbocycles. The van der Waals surface area contributed by atoms with E-state index in [2.05, 4.69) is 38.2 Å². The van der Waals surface area contributed by atoms with Crippen molar-refractivity contribution in [1.29, 1.82) is 0 Å². The van der Waals surface area contributed by atoms with E-state index in [1.54, 1.807) is 0 Å². The summed E-state index contributed by atoms with van der Waals surface area (Å²) in [5.74, 6) is -0.790. The average molecular weight is 275 g/mol. The summed E-state index contributed by atoms with van der Waals surface area (Å²) in [6.07, 6.45) is 0. The van der Waals surface area contributed by atoms with Crippen LogP contribution >= 0.6 is 0 Å². The van der Waals surface area contributed by atoms with Crippen molar-refractivity contribution in [1.82, 2.24) is 5.32 Å². The van der Waals surface area contributed by atoms with Gasteiger partial charge in [-0.15, -0.1) is 0 Å². The van der Waals surface area contributed by atoms with Crippen LogP contribution in [-0.4, -0.2) is 0 Å². The quantitative estimate of drug-likeness (QED) is 0.882. The largest absolute Gasteiger partial charge is 0.308 e. The van der Waals surface area contributed by atoms with Gasteiger partial charge in [0.05, 0.1) is 0 Å². The predicted molar refractivity (Wildman–Crippen MR) is 77.6 cm³/mol. The topological polar surface area (TPSA) is 12.0 Å². The van der Waals surface area contributed by atoms with E-state index in [1.165, 1.54) is 28.3 Å². The van der Waals surface area contributed by atoms with Crippen molar-refractivity contribution >= 4 is 0 Å². The SMILES string of the molecule is Cc1cc(C)c(CNCc2cc(F)ccc2F)cc1C. The number of hydrogen-bond donors (Lipinski definition) is 1. The van der Waals surface area contributed by atoms with Gasteiger partial charge in [0.2, 0.25) is 0 Å². The van der Waals surface area contributed by atoms with Gasteiger partial charge in [-0.05, 0) is 61.2 Å². The van der Waals surface area contributed by atoms with E-state index in [0.717, 1.165) is 12.1 Å². The highest BCUT2D eigenvalue weighted by Gasteiger charge is 2.05. The highest BCUT2D eigenvalue weighted by atomic mass is 19.1. The summed E-state index contributed by atoms with van der Waals surface area (Å²) in [6, 6.07) is 7.81. The highest BCUT2D eigenvalue weighted by Crippen LogP contribution is 2.15. The summed E-state index contributed by atoms with van der Waals surface area (Å²) >= 11 is 0. The van der Waals surface area contributed by atoms with Crippen LogP contribution in [0, 0.1) is 32.4 Å². The fraction of sp³-hybridized carbons (Fsp3) is 0.294. The maximum absolute atomic E-state index is 13.5. The lowest BCUT2D eigenvalue weighted by Gasteiger charge is -2.11. The van der Waals surface area contributed by atoms with Crippen LogP contribution in [0.1, 0.15) is 27.8 Å². The molecule has 0 aromatic heterocycles. The summed E-state index contributed by atoms with van der Waals surface area (Å²) in [5, 5.41) is 3.17. The molecule has 0 aliphatic heterocycles. The van der Waals surface area contributed by atoms with E-state index in [-0.39, 0.29) is 5.82 Å². The van der Waals surface area contributed by atoms with Gasteiger partial charge >= 0.3 is 0 Å². The first-order chi connectivity index (χ1) is 9.47. The first kappa shape index (κ1) is 14.7. The smallest absolute Gasteiger partial charge is 0.127 e. The van der Waals surface area contributed by atoms with Gasteiger partial charge in [0.15, 0.2) is 0 Å². The van der Waals surface area contributed by atoms with Crippen LogP contribution in [0.2, 0.25) is 0 Å². The van der Waals surface area contributed by atoms with Crippen LogP contribution in [-0.2, 0) is 13.1 Å². The van der Waals surface area contributed by atoms with Crippen LogP contribution in [0.15, 0.2) is 30.3 Å². The summed E-state index contributed by atoms with van der Waals surface area (Å²) in [5.41, 5.74) is 5.25. The van der Waals surface area contributed by atoms with Gasteiger partial charge in [-0.25, -0.2) is 8.78 Å². The summed E-state index contributed by atoms with van der Waals surface area (Å²) < 4.78 is 26.5. The highest BCUT2D eigenvalue weighted by molar-refractivity contribution is 5.36. The Labute approximate surface area is 118 Å². The second kappa shape index (κ2) is 6.14. The molecular weight excluding hydrogens is 256 g/mol. The molecule has 0 amide bonds. The Morgan fingerprint density at radius 2 is 1.45 bits per heavy atom. The van der Waals surface area contributed by atoms with Gasteiger partial charge in [0, 0.05) is 18.7 Å². The van der Waals surface area contributed by atoms with Gasteiger partial charge in [-0.1, -0.05) is 12.1 Å². The third-order valence-corrected chi connectivity index (χ3v) is 3.59. The van der Waals surface area contributed by atoms with Gasteiger partial charge in [0.1, 0.15) is 11.6 Å². The number of hydrogen-bond acceptors (Lipinski definition) is 1. The minimum atomic E-state index is -0.412. The molecule has 0 unspecified atom stereocenters. The zero-order valence-corrected chi connectivity index (χ0v) is 12.1. The molecule has 0 atom stereocenters. The minimum Gasteiger partial charge on any atom is -0.308 e. The summed E-state index contributed by atoms with van der Waals surface area (Å²) in [6.45, 7) is 7.18. The van der Waals surface area contributed by atoms with Crippen molar-refractivity contribution in [3.05, 3.63) is 69.8 Å². The van der Waals surface area contributed by atoms with E-state index >= 15 is 0 Å². The molecule has 0 aliphatic rings. The molecule has 0 bridgehead atoms. The molecule has 3 heteroatoms. The van der Waals surface area contributed by atoms with Gasteiger partial charge in [0.25, 0.3) is 0 Å². The number of nitrogens with one attached hydrogen (secondary N) is 1. The van der Waals surface area contributed by atoms with Crippen molar-refractivity contribution in [3.63, 3.8) is 0 Å². The first-order valence-corrected chi connectivity index (χ1v) is 6.68. The molecule has 0 aliphatic carbocycles. The lowest BCUT2D eigenvalue weighted by Crippen LogP contribution is -2.15. The molecule has 0 saturated heterocycles. The molecule has 1 nitrogen and oxygen atoms in total. The van der Waals surface area contributed by atoms with Gasteiger partial charge < -0.3 is 5.32 Å². The molecule has 0 fully saturated rings. The molecule has 0 spiro atoms. The molecule has 1 N–H and O–H groups in total. The van der Waals surface area contributed by atoms with E-state index in [4.69, 9.17) is 0 Å². The minimum absolute atomic E-state index is 0.315. The fourth-order valence-electron chi connectivity index (χ4n) is 2.22. The van der Waals surface area contributed by atoms with Crippen LogP contribution in [0.3, 0.4) is 0 Å². The Balaban J connectivity index is 2.03. The molecule has 2 rings (SSSR count). The Morgan fingerprint density at radius 1 is 0.800 bits per heavy atom. The zero-order valence-electron chi connectivity index (χ0n) is 12.1. The Kier molecular flexibility index (Phi) is 4.50. The maximum Gasteiger partial charge on any atom is 0.127 e. The van der Waals surface area contributed by atoms with Crippen molar-refractivity contribution in [2.45, 2.75) is 33.9 Å². The van der Waals surface area contributed by atoms with Crippen molar-refractivity contribution in [2.75, 3.05) is 0 Å². The number of rotatable bonds is 4. The third kappa shape index (κ3) is 3.42. The van der Waals surface area contributed by atoms with Crippen LogP contribution in [0.4, 0.5) is 8.78 Å². The second-order valence-electron chi connectivity index (χ2n) is 5.20. The normalized spacial score (nSPS) is 10.8. The standard InChI is InChI=1S/C17H19F2N/c1-11-6-13(3)14(7-12(11)2)9-20-10-15-8-16(18)4-5-17(15)19/h4-8,20H,9-10H2,1-3H3. The van der Waals surface area contributed by atoms with E-state index in [9.17, 15) is 8.78 Å². The molecule has 20 heavy (non-hydrogen) atoms. The Bertz CT molecular complexity index is 621. The lowest BCUT2D eigenvalue weighted by molar-refractivity contribution is 0.568. The monoisotopic (exact) mass is 275 g/mol. The van der Waals surface area contributed by atoms with Crippen LogP contribution < -0.4 is 5.32 Å². The number of benzene rings is 2. The molecule has 106 valence electrons. The Hall–Kier alpha value is -1.74. The molecule has 2 aromatic rings.